The lowest BCUT2D eigenvalue weighted by molar-refractivity contribution is 0.100. The van der Waals surface area contributed by atoms with Crippen molar-refractivity contribution in [3.63, 3.8) is 0 Å². The first kappa shape index (κ1) is 9.08. The lowest BCUT2D eigenvalue weighted by Gasteiger charge is -2.03. The summed E-state index contributed by atoms with van der Waals surface area (Å²) in [5.74, 6) is 0.0678. The van der Waals surface area contributed by atoms with Crippen LogP contribution in [0.15, 0.2) is 23.7 Å². The minimum Gasteiger partial charge on any atom is -0.339 e. The zero-order valence-electron chi connectivity index (χ0n) is 7.67. The van der Waals surface area contributed by atoms with Crippen molar-refractivity contribution in [3.8, 4) is 0 Å². The molecular weight excluding hydrogens is 198 g/mol. The van der Waals surface area contributed by atoms with Crippen LogP contribution in [0.25, 0.3) is 0 Å². The standard InChI is InChI=1S/C9H9N3OS/c1-7(13)9-3-2-4-12(9)5-8-6-14-11-10-8/h2-4,6H,5H2,1H3. The maximum atomic E-state index is 11.2. The van der Waals surface area contributed by atoms with E-state index in [4.69, 9.17) is 0 Å². The van der Waals surface area contributed by atoms with E-state index in [1.54, 1.807) is 6.92 Å². The van der Waals surface area contributed by atoms with Gasteiger partial charge in [-0.2, -0.15) is 0 Å². The molecule has 0 saturated heterocycles. The fourth-order valence-corrected chi connectivity index (χ4v) is 1.74. The van der Waals surface area contributed by atoms with Gasteiger partial charge in [0.05, 0.1) is 17.9 Å². The lowest BCUT2D eigenvalue weighted by atomic mass is 10.3. The molecule has 0 atom stereocenters. The van der Waals surface area contributed by atoms with Crippen LogP contribution in [-0.4, -0.2) is 19.9 Å². The van der Waals surface area contributed by atoms with Gasteiger partial charge in [-0.1, -0.05) is 4.49 Å². The van der Waals surface area contributed by atoms with E-state index < -0.39 is 0 Å². The second-order valence-corrected chi connectivity index (χ2v) is 3.58. The van der Waals surface area contributed by atoms with Gasteiger partial charge < -0.3 is 4.57 Å². The van der Waals surface area contributed by atoms with Gasteiger partial charge in [-0.25, -0.2) is 0 Å². The van der Waals surface area contributed by atoms with E-state index in [-0.39, 0.29) is 5.78 Å². The molecule has 0 bridgehead atoms. The Labute approximate surface area is 85.4 Å². The third-order valence-electron chi connectivity index (χ3n) is 1.93. The van der Waals surface area contributed by atoms with E-state index in [1.165, 1.54) is 11.5 Å². The topological polar surface area (TPSA) is 47.8 Å². The molecule has 0 radical (unpaired) electrons. The van der Waals surface area contributed by atoms with Crippen LogP contribution < -0.4 is 0 Å². The molecule has 2 rings (SSSR count). The third kappa shape index (κ3) is 1.72. The van der Waals surface area contributed by atoms with Crippen molar-refractivity contribution in [1.29, 1.82) is 0 Å². The average Bonchev–Trinajstić information content (AvgIpc) is 2.75. The molecule has 14 heavy (non-hydrogen) atoms. The number of hydrogen-bond acceptors (Lipinski definition) is 4. The Hall–Kier alpha value is -1.49. The first-order chi connectivity index (χ1) is 6.77. The molecular formula is C9H9N3OS. The quantitative estimate of drug-likeness (QED) is 0.718. The van der Waals surface area contributed by atoms with Gasteiger partial charge in [0.1, 0.15) is 0 Å². The number of nitrogens with zero attached hydrogens (tertiary/aromatic N) is 3. The molecule has 2 aromatic heterocycles. The molecule has 0 fully saturated rings. The normalized spacial score (nSPS) is 10.4. The van der Waals surface area contributed by atoms with Crippen LogP contribution in [0.3, 0.4) is 0 Å². The van der Waals surface area contributed by atoms with Crippen molar-refractivity contribution in [2.75, 3.05) is 0 Å². The summed E-state index contributed by atoms with van der Waals surface area (Å²) in [6.07, 6.45) is 1.87. The summed E-state index contributed by atoms with van der Waals surface area (Å²) in [5, 5.41) is 5.81. The van der Waals surface area contributed by atoms with E-state index in [9.17, 15) is 4.79 Å². The Morgan fingerprint density at radius 2 is 2.50 bits per heavy atom. The molecule has 0 aliphatic carbocycles. The highest BCUT2D eigenvalue weighted by Crippen LogP contribution is 2.07. The van der Waals surface area contributed by atoms with Crippen molar-refractivity contribution in [1.82, 2.24) is 14.2 Å². The van der Waals surface area contributed by atoms with Crippen molar-refractivity contribution in [2.24, 2.45) is 0 Å². The van der Waals surface area contributed by atoms with Gasteiger partial charge in [0.15, 0.2) is 5.78 Å². The fraction of sp³-hybridized carbons (Fsp3) is 0.222. The number of rotatable bonds is 3. The van der Waals surface area contributed by atoms with Gasteiger partial charge in [-0.3, -0.25) is 4.79 Å². The van der Waals surface area contributed by atoms with Crippen LogP contribution >= 0.6 is 11.5 Å². The highest BCUT2D eigenvalue weighted by molar-refractivity contribution is 7.03. The van der Waals surface area contributed by atoms with Crippen LogP contribution in [-0.2, 0) is 6.54 Å². The molecule has 0 unspecified atom stereocenters. The van der Waals surface area contributed by atoms with Gasteiger partial charge in [0.25, 0.3) is 0 Å². The Bertz CT molecular complexity index is 433. The second kappa shape index (κ2) is 3.71. The smallest absolute Gasteiger partial charge is 0.176 e. The molecule has 0 aliphatic heterocycles. The number of Topliss-reactive ketones (excluding diaryl/α,β-unsaturated/α-hetero) is 1. The molecule has 0 saturated carbocycles. The van der Waals surface area contributed by atoms with Gasteiger partial charge in [-0.15, -0.1) is 5.10 Å². The van der Waals surface area contributed by atoms with Crippen LogP contribution in [0, 0.1) is 0 Å². The van der Waals surface area contributed by atoms with E-state index >= 15 is 0 Å². The SMILES string of the molecule is CC(=O)c1cccn1Cc1csnn1. The molecule has 5 heteroatoms. The van der Waals surface area contributed by atoms with Crippen LogP contribution in [0.2, 0.25) is 0 Å². The average molecular weight is 207 g/mol. The predicted octanol–water partition coefficient (Wildman–Crippen LogP) is 1.59. The minimum absolute atomic E-state index is 0.0678. The first-order valence-electron chi connectivity index (χ1n) is 4.19. The molecule has 0 aliphatic rings. The highest BCUT2D eigenvalue weighted by Gasteiger charge is 2.06. The molecule has 2 aromatic rings. The Kier molecular flexibility index (Phi) is 2.41. The van der Waals surface area contributed by atoms with E-state index in [0.717, 1.165) is 5.69 Å². The summed E-state index contributed by atoms with van der Waals surface area (Å²) in [5.41, 5.74) is 1.59. The predicted molar refractivity (Wildman–Crippen MR) is 53.4 cm³/mol. The first-order valence-corrected chi connectivity index (χ1v) is 5.03. The third-order valence-corrected chi connectivity index (χ3v) is 2.48. The monoisotopic (exact) mass is 207 g/mol. The fourth-order valence-electron chi connectivity index (χ4n) is 1.30. The summed E-state index contributed by atoms with van der Waals surface area (Å²) in [4.78, 5) is 11.2. The number of ketones is 1. The summed E-state index contributed by atoms with van der Waals surface area (Å²) in [6, 6.07) is 3.67. The number of aromatic nitrogens is 3. The largest absolute Gasteiger partial charge is 0.339 e. The van der Waals surface area contributed by atoms with Crippen molar-refractivity contribution < 1.29 is 4.79 Å². The molecule has 0 amide bonds. The van der Waals surface area contributed by atoms with Gasteiger partial charge in [-0.05, 0) is 23.7 Å². The molecule has 0 N–H and O–H groups in total. The number of carbonyl (C=O) groups is 1. The Morgan fingerprint density at radius 3 is 3.14 bits per heavy atom. The van der Waals surface area contributed by atoms with Gasteiger partial charge >= 0.3 is 0 Å². The Balaban J connectivity index is 2.25. The molecule has 2 heterocycles. The van der Waals surface area contributed by atoms with Crippen LogP contribution in [0.1, 0.15) is 23.1 Å². The van der Waals surface area contributed by atoms with Gasteiger partial charge in [0, 0.05) is 18.5 Å². The zero-order chi connectivity index (χ0) is 9.97. The molecule has 4 nitrogen and oxygen atoms in total. The summed E-state index contributed by atoms with van der Waals surface area (Å²) in [6.45, 7) is 2.17. The molecule has 0 aromatic carbocycles. The van der Waals surface area contributed by atoms with Crippen molar-refractivity contribution >= 4 is 17.3 Å². The maximum absolute atomic E-state index is 11.2. The van der Waals surface area contributed by atoms with Crippen molar-refractivity contribution in [3.05, 3.63) is 35.1 Å². The zero-order valence-corrected chi connectivity index (χ0v) is 8.49. The maximum Gasteiger partial charge on any atom is 0.176 e. The Morgan fingerprint density at radius 1 is 1.64 bits per heavy atom. The highest BCUT2D eigenvalue weighted by atomic mass is 32.1. The van der Waals surface area contributed by atoms with E-state index in [1.807, 2.05) is 28.3 Å². The minimum atomic E-state index is 0.0678. The lowest BCUT2D eigenvalue weighted by Crippen LogP contribution is -2.06. The van der Waals surface area contributed by atoms with E-state index in [0.29, 0.717) is 12.2 Å². The summed E-state index contributed by atoms with van der Waals surface area (Å²) in [7, 11) is 0. The molecule has 72 valence electrons. The van der Waals surface area contributed by atoms with Crippen LogP contribution in [0.4, 0.5) is 0 Å². The van der Waals surface area contributed by atoms with Crippen molar-refractivity contribution in [2.45, 2.75) is 13.5 Å². The van der Waals surface area contributed by atoms with Crippen LogP contribution in [0.5, 0.6) is 0 Å². The number of carbonyl (C=O) groups excluding carboxylic acids is 1. The van der Waals surface area contributed by atoms with Gasteiger partial charge in [0.2, 0.25) is 0 Å². The molecule has 0 spiro atoms. The summed E-state index contributed by atoms with van der Waals surface area (Å²) < 4.78 is 5.64. The second-order valence-electron chi connectivity index (χ2n) is 2.97. The summed E-state index contributed by atoms with van der Waals surface area (Å²) >= 11 is 1.32. The van der Waals surface area contributed by atoms with E-state index in [2.05, 4.69) is 9.59 Å². The number of hydrogen-bond donors (Lipinski definition) is 0.